The minimum atomic E-state index is -0.998. The molecule has 0 amide bonds. The van der Waals surface area contributed by atoms with Crippen molar-refractivity contribution in [3.63, 3.8) is 0 Å². The predicted molar refractivity (Wildman–Crippen MR) is 86.0 cm³/mol. The van der Waals surface area contributed by atoms with Gasteiger partial charge in [-0.2, -0.15) is 0 Å². The summed E-state index contributed by atoms with van der Waals surface area (Å²) in [5.41, 5.74) is -0.442. The molecule has 0 saturated heterocycles. The highest BCUT2D eigenvalue weighted by Gasteiger charge is 2.36. The molecule has 0 aliphatic heterocycles. The van der Waals surface area contributed by atoms with Crippen molar-refractivity contribution < 1.29 is 27.8 Å². The Morgan fingerprint density at radius 1 is 1.28 bits per heavy atom. The number of aromatic nitrogens is 1. The molecule has 8 heteroatoms. The van der Waals surface area contributed by atoms with Gasteiger partial charge in [0.25, 0.3) is 0 Å². The second-order valence-corrected chi connectivity index (χ2v) is 5.88. The molecule has 0 aromatic carbocycles. The molecule has 1 aromatic rings. The second kappa shape index (κ2) is 8.38. The van der Waals surface area contributed by atoms with E-state index in [1.807, 2.05) is 0 Å². The normalized spacial score (nSPS) is 14.6. The lowest BCUT2D eigenvalue weighted by molar-refractivity contribution is -0.146. The van der Waals surface area contributed by atoms with Gasteiger partial charge in [0.05, 0.1) is 25.1 Å². The molecule has 5 nitrogen and oxygen atoms in total. The number of hydrogen-bond acceptors (Lipinski definition) is 5. The molecular weight excluding hydrogens is 356 g/mol. The second-order valence-electron chi connectivity index (χ2n) is 5.50. The molecular formula is C17H18ClF2NO4. The van der Waals surface area contributed by atoms with Crippen LogP contribution in [-0.4, -0.2) is 30.1 Å². The van der Waals surface area contributed by atoms with Crippen molar-refractivity contribution in [1.82, 2.24) is 4.98 Å². The Balaban J connectivity index is 2.46. The summed E-state index contributed by atoms with van der Waals surface area (Å²) in [6.07, 6.45) is 3.62. The third kappa shape index (κ3) is 4.54. The van der Waals surface area contributed by atoms with Crippen molar-refractivity contribution in [2.45, 2.75) is 32.6 Å². The van der Waals surface area contributed by atoms with Crippen molar-refractivity contribution in [2.75, 3.05) is 13.2 Å². The molecule has 0 N–H and O–H groups in total. The SMILES string of the molecule is CCOC(=O)C(=CC(c1ncc(F)c(Cl)c1F)C1CC1)C(=O)OCC. The molecule has 1 atom stereocenters. The highest BCUT2D eigenvalue weighted by atomic mass is 35.5. The number of ether oxygens (including phenoxy) is 2. The number of hydrogen-bond donors (Lipinski definition) is 0. The Kier molecular flexibility index (Phi) is 6.47. The molecule has 1 aliphatic rings. The molecule has 0 radical (unpaired) electrons. The molecule has 0 spiro atoms. The van der Waals surface area contributed by atoms with E-state index in [2.05, 4.69) is 4.98 Å². The molecule has 0 bridgehead atoms. The molecule has 1 aromatic heterocycles. The van der Waals surface area contributed by atoms with E-state index >= 15 is 0 Å². The molecule has 1 saturated carbocycles. The summed E-state index contributed by atoms with van der Waals surface area (Å²) in [5, 5.41) is -0.669. The Morgan fingerprint density at radius 2 is 1.84 bits per heavy atom. The van der Waals surface area contributed by atoms with Crippen LogP contribution in [0.5, 0.6) is 0 Å². The van der Waals surface area contributed by atoms with Crippen LogP contribution in [-0.2, 0) is 19.1 Å². The van der Waals surface area contributed by atoms with Gasteiger partial charge in [0, 0.05) is 5.92 Å². The first-order valence-corrected chi connectivity index (χ1v) is 8.33. The van der Waals surface area contributed by atoms with Gasteiger partial charge in [0.1, 0.15) is 10.6 Å². The molecule has 2 rings (SSSR count). The van der Waals surface area contributed by atoms with Crippen molar-refractivity contribution in [1.29, 1.82) is 0 Å². The zero-order valence-electron chi connectivity index (χ0n) is 13.9. The van der Waals surface area contributed by atoms with E-state index in [0.29, 0.717) is 0 Å². The Labute approximate surface area is 149 Å². The van der Waals surface area contributed by atoms with Crippen LogP contribution >= 0.6 is 11.6 Å². The maximum atomic E-state index is 14.4. The van der Waals surface area contributed by atoms with Crippen LogP contribution in [0, 0.1) is 17.6 Å². The first kappa shape index (κ1) is 19.3. The van der Waals surface area contributed by atoms with Crippen LogP contribution < -0.4 is 0 Å². The lowest BCUT2D eigenvalue weighted by Crippen LogP contribution is -2.20. The molecule has 1 fully saturated rings. The van der Waals surface area contributed by atoms with Crippen LogP contribution in [0.2, 0.25) is 5.02 Å². The van der Waals surface area contributed by atoms with E-state index in [4.69, 9.17) is 21.1 Å². The van der Waals surface area contributed by atoms with Gasteiger partial charge in [-0.1, -0.05) is 17.7 Å². The quantitative estimate of drug-likeness (QED) is 0.316. The highest BCUT2D eigenvalue weighted by molar-refractivity contribution is 6.30. The first-order valence-electron chi connectivity index (χ1n) is 7.96. The number of esters is 2. The number of carbonyl (C=O) groups is 2. The summed E-state index contributed by atoms with van der Waals surface area (Å²) < 4.78 is 37.5. The van der Waals surface area contributed by atoms with Gasteiger partial charge >= 0.3 is 11.9 Å². The zero-order valence-corrected chi connectivity index (χ0v) is 14.6. The topological polar surface area (TPSA) is 65.5 Å². The van der Waals surface area contributed by atoms with E-state index in [0.717, 1.165) is 19.0 Å². The highest BCUT2D eigenvalue weighted by Crippen LogP contribution is 2.45. The number of rotatable bonds is 7. The third-order valence-electron chi connectivity index (χ3n) is 3.73. The Hall–Kier alpha value is -2.02. The third-order valence-corrected chi connectivity index (χ3v) is 4.07. The molecule has 1 aliphatic carbocycles. The van der Waals surface area contributed by atoms with Crippen LogP contribution in [0.4, 0.5) is 8.78 Å². The van der Waals surface area contributed by atoms with Gasteiger partial charge in [-0.25, -0.2) is 18.4 Å². The summed E-state index contributed by atoms with van der Waals surface area (Å²) in [7, 11) is 0. The Morgan fingerprint density at radius 3 is 2.32 bits per heavy atom. The van der Waals surface area contributed by atoms with Crippen LogP contribution in [0.1, 0.15) is 38.3 Å². The maximum absolute atomic E-state index is 14.4. The van der Waals surface area contributed by atoms with Crippen molar-refractivity contribution >= 4 is 23.5 Å². The number of pyridine rings is 1. The van der Waals surface area contributed by atoms with Gasteiger partial charge in [0.15, 0.2) is 11.6 Å². The summed E-state index contributed by atoms with van der Waals surface area (Å²) in [4.78, 5) is 27.9. The standard InChI is InChI=1S/C17H18ClF2NO4/c1-3-24-16(22)11(17(23)25-4-2)7-10(9-5-6-9)15-14(20)13(18)12(19)8-21-15/h7-10H,3-6H2,1-2H3. The number of allylic oxidation sites excluding steroid dienone is 1. The van der Waals surface area contributed by atoms with Crippen LogP contribution in [0.15, 0.2) is 17.8 Å². The first-order chi connectivity index (χ1) is 11.9. The number of carbonyl (C=O) groups excluding carboxylic acids is 2. The average Bonchev–Trinajstić information content (AvgIpc) is 3.40. The minimum Gasteiger partial charge on any atom is -0.462 e. The fraction of sp³-hybridized carbons (Fsp3) is 0.471. The van der Waals surface area contributed by atoms with Gasteiger partial charge in [-0.15, -0.1) is 0 Å². The van der Waals surface area contributed by atoms with Crippen LogP contribution in [0.3, 0.4) is 0 Å². The van der Waals surface area contributed by atoms with Crippen LogP contribution in [0.25, 0.3) is 0 Å². The summed E-state index contributed by atoms with van der Waals surface area (Å²) in [6.45, 7) is 3.33. The van der Waals surface area contributed by atoms with E-state index in [-0.39, 0.29) is 30.4 Å². The molecule has 1 heterocycles. The smallest absolute Gasteiger partial charge is 0.345 e. The molecule has 1 unspecified atom stereocenters. The van der Waals surface area contributed by atoms with E-state index in [1.54, 1.807) is 13.8 Å². The lowest BCUT2D eigenvalue weighted by atomic mass is 9.95. The summed E-state index contributed by atoms with van der Waals surface area (Å²) in [5.74, 6) is -4.43. The van der Waals surface area contributed by atoms with E-state index < -0.39 is 34.5 Å². The van der Waals surface area contributed by atoms with Gasteiger partial charge in [-0.3, -0.25) is 4.98 Å². The van der Waals surface area contributed by atoms with E-state index in [9.17, 15) is 18.4 Å². The van der Waals surface area contributed by atoms with Gasteiger partial charge in [0.2, 0.25) is 0 Å². The average molecular weight is 374 g/mol. The molecule has 136 valence electrons. The zero-order chi connectivity index (χ0) is 18.6. The maximum Gasteiger partial charge on any atom is 0.345 e. The van der Waals surface area contributed by atoms with Crippen molar-refractivity contribution in [3.8, 4) is 0 Å². The summed E-state index contributed by atoms with van der Waals surface area (Å²) >= 11 is 5.62. The van der Waals surface area contributed by atoms with Crippen molar-refractivity contribution in [2.24, 2.45) is 5.92 Å². The van der Waals surface area contributed by atoms with Crippen molar-refractivity contribution in [3.05, 3.63) is 40.2 Å². The van der Waals surface area contributed by atoms with Gasteiger partial charge in [-0.05, 0) is 32.6 Å². The largest absolute Gasteiger partial charge is 0.462 e. The fourth-order valence-corrected chi connectivity index (χ4v) is 2.55. The van der Waals surface area contributed by atoms with Gasteiger partial charge < -0.3 is 9.47 Å². The summed E-state index contributed by atoms with van der Waals surface area (Å²) in [6, 6.07) is 0. The number of nitrogens with zero attached hydrogens (tertiary/aromatic N) is 1. The fourth-order valence-electron chi connectivity index (χ4n) is 2.40. The van der Waals surface area contributed by atoms with E-state index in [1.165, 1.54) is 6.08 Å². The monoisotopic (exact) mass is 373 g/mol. The predicted octanol–water partition coefficient (Wildman–Crippen LogP) is 3.56. The lowest BCUT2D eigenvalue weighted by Gasteiger charge is -2.15. The molecule has 25 heavy (non-hydrogen) atoms. The Bertz CT molecular complexity index is 684. The minimum absolute atomic E-state index is 0.0256. The number of halogens is 3.